The fourth-order valence-electron chi connectivity index (χ4n) is 7.04. The predicted molar refractivity (Wildman–Crippen MR) is 195 cm³/mol. The Morgan fingerprint density at radius 2 is 1.17 bits per heavy atom. The Bertz CT molecular complexity index is 2790. The van der Waals surface area contributed by atoms with Crippen LogP contribution < -0.4 is 0 Å². The van der Waals surface area contributed by atoms with Crippen molar-refractivity contribution in [3.8, 4) is 33.9 Å². The van der Waals surface area contributed by atoms with Crippen molar-refractivity contribution < 1.29 is 0 Å². The lowest BCUT2D eigenvalue weighted by Gasteiger charge is -2.12. The maximum absolute atomic E-state index is 4.96. The highest BCUT2D eigenvalue weighted by atomic mass is 32.1. The molecule has 0 spiro atoms. The molecule has 0 bridgehead atoms. The Kier molecular flexibility index (Phi) is 5.68. The fourth-order valence-corrected chi connectivity index (χ4v) is 8.28. The molecule has 0 N–H and O–H groups in total. The largest absolute Gasteiger partial charge is 0.309 e. The van der Waals surface area contributed by atoms with Crippen LogP contribution in [0.1, 0.15) is 0 Å². The van der Waals surface area contributed by atoms with Gasteiger partial charge in [0, 0.05) is 54.7 Å². The first-order valence-corrected chi connectivity index (χ1v) is 16.4. The number of benzene rings is 6. The summed E-state index contributed by atoms with van der Waals surface area (Å²) in [6, 6.07) is 48.0. The number of fused-ring (bicyclic) bond motifs is 7. The molecule has 0 fully saturated rings. The quantitative estimate of drug-likeness (QED) is 0.197. The average Bonchev–Trinajstić information content (AvgIpc) is 3.82. The molecule has 6 aromatic carbocycles. The zero-order valence-corrected chi connectivity index (χ0v) is 25.9. The van der Waals surface area contributed by atoms with Crippen molar-refractivity contribution in [1.82, 2.24) is 24.1 Å². The maximum atomic E-state index is 4.96. The van der Waals surface area contributed by atoms with E-state index in [0.29, 0.717) is 0 Å². The van der Waals surface area contributed by atoms with E-state index in [4.69, 9.17) is 4.98 Å². The van der Waals surface area contributed by atoms with Crippen LogP contribution in [0.5, 0.6) is 0 Å². The summed E-state index contributed by atoms with van der Waals surface area (Å²) in [6.45, 7) is 0. The summed E-state index contributed by atoms with van der Waals surface area (Å²) in [5, 5.41) is 5.12. The first kappa shape index (κ1) is 26.1. The molecule has 220 valence electrons. The third kappa shape index (κ3) is 3.98. The molecule has 10 rings (SSSR count). The summed E-state index contributed by atoms with van der Waals surface area (Å²) in [7, 11) is 0. The van der Waals surface area contributed by atoms with Gasteiger partial charge in [-0.3, -0.25) is 4.57 Å². The third-order valence-corrected chi connectivity index (χ3v) is 10.4. The van der Waals surface area contributed by atoms with Crippen molar-refractivity contribution >= 4 is 64.3 Å². The SMILES string of the molecule is c1ccc2c(c1)nc(-c1cncnc1)n2-c1ccc(-n2c3ccccc3c3cc(-c4cccc5c4sc4ccccc45)ccc32)cc1. The van der Waals surface area contributed by atoms with Crippen LogP contribution in [0.25, 0.3) is 86.9 Å². The molecule has 47 heavy (non-hydrogen) atoms. The molecule has 0 aliphatic heterocycles. The molecule has 0 aliphatic carbocycles. The second-order valence-corrected chi connectivity index (χ2v) is 12.8. The number of nitrogens with zero attached hydrogens (tertiary/aromatic N) is 5. The van der Waals surface area contributed by atoms with Gasteiger partial charge in [0.25, 0.3) is 0 Å². The first-order chi connectivity index (χ1) is 23.3. The van der Waals surface area contributed by atoms with E-state index in [1.54, 1.807) is 6.33 Å². The van der Waals surface area contributed by atoms with Crippen molar-refractivity contribution in [2.24, 2.45) is 0 Å². The summed E-state index contributed by atoms with van der Waals surface area (Å²) in [5.74, 6) is 0.817. The Morgan fingerprint density at radius 1 is 0.489 bits per heavy atom. The van der Waals surface area contributed by atoms with E-state index in [1.165, 1.54) is 53.1 Å². The summed E-state index contributed by atoms with van der Waals surface area (Å²) >= 11 is 1.88. The Labute approximate surface area is 273 Å². The van der Waals surface area contributed by atoms with Gasteiger partial charge < -0.3 is 4.57 Å². The van der Waals surface area contributed by atoms with Crippen LogP contribution in [-0.4, -0.2) is 24.1 Å². The first-order valence-electron chi connectivity index (χ1n) is 15.6. The summed E-state index contributed by atoms with van der Waals surface area (Å²) < 4.78 is 7.21. The highest BCUT2D eigenvalue weighted by Gasteiger charge is 2.17. The topological polar surface area (TPSA) is 48.5 Å². The molecular formula is C41H25N5S. The minimum absolute atomic E-state index is 0.817. The van der Waals surface area contributed by atoms with Crippen molar-refractivity contribution in [3.05, 3.63) is 152 Å². The normalized spacial score (nSPS) is 11.8. The molecule has 4 heterocycles. The van der Waals surface area contributed by atoms with Gasteiger partial charge in [-0.1, -0.05) is 72.8 Å². The molecule has 0 atom stereocenters. The van der Waals surface area contributed by atoms with Crippen molar-refractivity contribution in [1.29, 1.82) is 0 Å². The third-order valence-electron chi connectivity index (χ3n) is 9.13. The number of hydrogen-bond acceptors (Lipinski definition) is 4. The minimum Gasteiger partial charge on any atom is -0.309 e. The second-order valence-electron chi connectivity index (χ2n) is 11.8. The molecule has 4 aromatic heterocycles. The maximum Gasteiger partial charge on any atom is 0.148 e. The van der Waals surface area contributed by atoms with Crippen molar-refractivity contribution in [2.75, 3.05) is 0 Å². The predicted octanol–water partition coefficient (Wildman–Crippen LogP) is 10.6. The molecule has 6 heteroatoms. The van der Waals surface area contributed by atoms with E-state index < -0.39 is 0 Å². The number of thiophene rings is 1. The van der Waals surface area contributed by atoms with E-state index in [2.05, 4.69) is 134 Å². The van der Waals surface area contributed by atoms with Crippen LogP contribution in [0.2, 0.25) is 0 Å². The summed E-state index contributed by atoms with van der Waals surface area (Å²) in [4.78, 5) is 13.5. The molecule has 10 aromatic rings. The standard InChI is InChI=1S/C41H25N5S/c1-4-13-36-31(8-1)34-22-26(30-10-7-11-33-32-9-2-6-15-39(32)47-40(30)33)16-21-37(34)45(36)28-17-19-29(20-18-28)46-38-14-5-3-12-35(38)44-41(46)27-23-42-25-43-24-27/h1-25H. The number of hydrogen-bond donors (Lipinski definition) is 0. The van der Waals surface area contributed by atoms with Gasteiger partial charge in [-0.2, -0.15) is 0 Å². The van der Waals surface area contributed by atoms with Gasteiger partial charge in [-0.05, 0) is 71.8 Å². The molecule has 0 saturated heterocycles. The van der Waals surface area contributed by atoms with E-state index in [9.17, 15) is 0 Å². The monoisotopic (exact) mass is 619 g/mol. The van der Waals surface area contributed by atoms with E-state index >= 15 is 0 Å². The Hall–Kier alpha value is -6.11. The molecular weight excluding hydrogens is 595 g/mol. The van der Waals surface area contributed by atoms with Gasteiger partial charge >= 0.3 is 0 Å². The zero-order chi connectivity index (χ0) is 30.9. The van der Waals surface area contributed by atoms with E-state index in [-0.39, 0.29) is 0 Å². The lowest BCUT2D eigenvalue weighted by molar-refractivity contribution is 1.07. The van der Waals surface area contributed by atoms with Crippen molar-refractivity contribution in [2.45, 2.75) is 0 Å². The van der Waals surface area contributed by atoms with Crippen LogP contribution in [0.15, 0.2) is 152 Å². The highest BCUT2D eigenvalue weighted by Crippen LogP contribution is 2.42. The van der Waals surface area contributed by atoms with E-state index in [0.717, 1.165) is 33.8 Å². The summed E-state index contributed by atoms with van der Waals surface area (Å²) in [5.41, 5.74) is 9.85. The average molecular weight is 620 g/mol. The number of aromatic nitrogens is 5. The second kappa shape index (κ2) is 10.2. The zero-order valence-electron chi connectivity index (χ0n) is 25.1. The van der Waals surface area contributed by atoms with Crippen LogP contribution >= 0.6 is 11.3 Å². The van der Waals surface area contributed by atoms with Gasteiger partial charge in [0.2, 0.25) is 0 Å². The van der Waals surface area contributed by atoms with Crippen LogP contribution in [0, 0.1) is 0 Å². The van der Waals surface area contributed by atoms with Crippen LogP contribution in [-0.2, 0) is 0 Å². The van der Waals surface area contributed by atoms with Gasteiger partial charge in [-0.15, -0.1) is 11.3 Å². The van der Waals surface area contributed by atoms with Gasteiger partial charge in [0.15, 0.2) is 0 Å². The number of rotatable bonds is 4. The Balaban J connectivity index is 1.13. The summed E-state index contributed by atoms with van der Waals surface area (Å²) in [6.07, 6.45) is 5.17. The van der Waals surface area contributed by atoms with E-state index in [1.807, 2.05) is 41.9 Å². The van der Waals surface area contributed by atoms with Crippen LogP contribution in [0.3, 0.4) is 0 Å². The molecule has 0 radical (unpaired) electrons. The van der Waals surface area contributed by atoms with Gasteiger partial charge in [-0.25, -0.2) is 15.0 Å². The smallest absolute Gasteiger partial charge is 0.148 e. The lowest BCUT2D eigenvalue weighted by Crippen LogP contribution is -2.00. The number of imidazole rings is 1. The minimum atomic E-state index is 0.817. The fraction of sp³-hybridized carbons (Fsp3) is 0. The molecule has 0 amide bonds. The van der Waals surface area contributed by atoms with Crippen molar-refractivity contribution in [3.63, 3.8) is 0 Å². The number of para-hydroxylation sites is 3. The molecule has 5 nitrogen and oxygen atoms in total. The highest BCUT2D eigenvalue weighted by molar-refractivity contribution is 7.26. The lowest BCUT2D eigenvalue weighted by atomic mass is 10.0. The Morgan fingerprint density at radius 3 is 2.02 bits per heavy atom. The van der Waals surface area contributed by atoms with Gasteiger partial charge in [0.1, 0.15) is 12.2 Å². The van der Waals surface area contributed by atoms with Gasteiger partial charge in [0.05, 0.1) is 27.6 Å². The molecule has 0 saturated carbocycles. The molecule has 0 aliphatic rings. The molecule has 0 unspecified atom stereocenters. The van der Waals surface area contributed by atoms with Crippen LogP contribution in [0.4, 0.5) is 0 Å².